The van der Waals surface area contributed by atoms with Gasteiger partial charge in [-0.1, -0.05) is 42.1 Å². The summed E-state index contributed by atoms with van der Waals surface area (Å²) in [6.07, 6.45) is 2.48. The Balaban J connectivity index is 1.58. The molecular weight excluding hydrogens is 216 g/mol. The second-order valence-electron chi connectivity index (χ2n) is 4.39. The van der Waals surface area contributed by atoms with E-state index in [1.165, 1.54) is 24.2 Å². The average Bonchev–Trinajstić information content (AvgIpc) is 3.11. The summed E-state index contributed by atoms with van der Waals surface area (Å²) in [5.74, 6) is 1.92. The summed E-state index contributed by atoms with van der Waals surface area (Å²) in [6, 6.07) is 11.4. The summed E-state index contributed by atoms with van der Waals surface area (Å²) >= 11 is 1.87. The highest BCUT2D eigenvalue weighted by Crippen LogP contribution is 2.41. The van der Waals surface area contributed by atoms with Crippen LogP contribution in [-0.2, 0) is 0 Å². The molecule has 2 aliphatic rings. The van der Waals surface area contributed by atoms with Gasteiger partial charge in [-0.05, 0) is 18.4 Å². The number of thioether (sulfide) groups is 1. The molecule has 0 radical (unpaired) electrons. The van der Waals surface area contributed by atoms with Gasteiger partial charge in [0, 0.05) is 24.3 Å². The molecule has 2 atom stereocenters. The van der Waals surface area contributed by atoms with Crippen molar-refractivity contribution >= 4 is 16.9 Å². The van der Waals surface area contributed by atoms with Gasteiger partial charge in [-0.3, -0.25) is 4.99 Å². The molecule has 16 heavy (non-hydrogen) atoms. The predicted octanol–water partition coefficient (Wildman–Crippen LogP) is 2.63. The minimum atomic E-state index is 0.617. The van der Waals surface area contributed by atoms with Crippen LogP contribution in [0.3, 0.4) is 0 Å². The van der Waals surface area contributed by atoms with E-state index >= 15 is 0 Å². The van der Waals surface area contributed by atoms with Crippen LogP contribution in [0.4, 0.5) is 0 Å². The minimum absolute atomic E-state index is 0.617. The van der Waals surface area contributed by atoms with E-state index in [1.807, 2.05) is 11.8 Å². The summed E-state index contributed by atoms with van der Waals surface area (Å²) < 4.78 is 0. The normalized spacial score (nSPS) is 28.4. The van der Waals surface area contributed by atoms with Gasteiger partial charge in [0.2, 0.25) is 0 Å². The van der Waals surface area contributed by atoms with E-state index in [2.05, 4.69) is 40.6 Å². The van der Waals surface area contributed by atoms with Crippen LogP contribution in [0.1, 0.15) is 24.3 Å². The lowest BCUT2D eigenvalue weighted by Gasteiger charge is -2.13. The summed E-state index contributed by atoms with van der Waals surface area (Å²) in [6.45, 7) is 0.998. The maximum absolute atomic E-state index is 4.51. The van der Waals surface area contributed by atoms with Crippen molar-refractivity contribution in [3.05, 3.63) is 35.9 Å². The zero-order valence-corrected chi connectivity index (χ0v) is 10.0. The summed E-state index contributed by atoms with van der Waals surface area (Å²) in [4.78, 5) is 4.51. The summed E-state index contributed by atoms with van der Waals surface area (Å²) in [5, 5.41) is 4.72. The molecule has 0 amide bonds. The molecule has 2 nitrogen and oxygen atoms in total. The van der Waals surface area contributed by atoms with Gasteiger partial charge in [0.25, 0.3) is 0 Å². The fourth-order valence-electron chi connectivity index (χ4n) is 2.13. The van der Waals surface area contributed by atoms with Crippen molar-refractivity contribution in [2.75, 3.05) is 12.3 Å². The number of amidine groups is 1. The first-order valence-electron chi connectivity index (χ1n) is 5.92. The molecule has 1 heterocycles. The first-order chi connectivity index (χ1) is 7.93. The van der Waals surface area contributed by atoms with Crippen LogP contribution in [0, 0.1) is 0 Å². The molecule has 1 aliphatic carbocycles. The van der Waals surface area contributed by atoms with Crippen LogP contribution in [0.25, 0.3) is 0 Å². The van der Waals surface area contributed by atoms with E-state index in [9.17, 15) is 0 Å². The van der Waals surface area contributed by atoms with Crippen molar-refractivity contribution in [1.29, 1.82) is 0 Å². The third-order valence-corrected chi connectivity index (χ3v) is 4.14. The van der Waals surface area contributed by atoms with E-state index in [1.54, 1.807) is 0 Å². The highest BCUT2D eigenvalue weighted by atomic mass is 32.2. The van der Waals surface area contributed by atoms with Gasteiger partial charge in [-0.15, -0.1) is 0 Å². The quantitative estimate of drug-likeness (QED) is 0.847. The number of benzene rings is 1. The van der Waals surface area contributed by atoms with Gasteiger partial charge in [-0.2, -0.15) is 0 Å². The van der Waals surface area contributed by atoms with E-state index in [0.29, 0.717) is 12.0 Å². The molecule has 1 fully saturated rings. The number of aliphatic imine (C=N–C) groups is 1. The standard InChI is InChI=1S/C13H16N2S/c1-2-5-10(6-3-1)11-9-12(11)15-13-14-7-4-8-16-13/h1-3,5-6,11-12H,4,7-9H2,(H,14,15). The van der Waals surface area contributed by atoms with Gasteiger partial charge < -0.3 is 5.32 Å². The van der Waals surface area contributed by atoms with Crippen LogP contribution in [0.15, 0.2) is 35.3 Å². The van der Waals surface area contributed by atoms with Crippen LogP contribution < -0.4 is 5.32 Å². The molecule has 0 spiro atoms. The Kier molecular flexibility index (Phi) is 2.87. The zero-order chi connectivity index (χ0) is 10.8. The maximum Gasteiger partial charge on any atom is 0.156 e. The molecule has 0 saturated heterocycles. The van der Waals surface area contributed by atoms with E-state index < -0.39 is 0 Å². The van der Waals surface area contributed by atoms with Gasteiger partial charge >= 0.3 is 0 Å². The molecule has 2 unspecified atom stereocenters. The fraction of sp³-hybridized carbons (Fsp3) is 0.462. The second-order valence-corrected chi connectivity index (χ2v) is 5.48. The smallest absolute Gasteiger partial charge is 0.156 e. The number of rotatable bonds is 2. The molecule has 84 valence electrons. The highest BCUT2D eigenvalue weighted by molar-refractivity contribution is 8.13. The monoisotopic (exact) mass is 232 g/mol. The van der Waals surface area contributed by atoms with E-state index in [4.69, 9.17) is 0 Å². The molecule has 3 rings (SSSR count). The van der Waals surface area contributed by atoms with E-state index in [-0.39, 0.29) is 0 Å². The highest BCUT2D eigenvalue weighted by Gasteiger charge is 2.38. The van der Waals surface area contributed by atoms with Crippen molar-refractivity contribution in [1.82, 2.24) is 5.32 Å². The molecule has 1 aromatic carbocycles. The van der Waals surface area contributed by atoms with Crippen molar-refractivity contribution in [3.63, 3.8) is 0 Å². The maximum atomic E-state index is 4.51. The van der Waals surface area contributed by atoms with Crippen LogP contribution in [-0.4, -0.2) is 23.5 Å². The lowest BCUT2D eigenvalue weighted by atomic mass is 10.1. The predicted molar refractivity (Wildman–Crippen MR) is 70.1 cm³/mol. The molecule has 1 aromatic rings. The van der Waals surface area contributed by atoms with E-state index in [0.717, 1.165) is 11.7 Å². The van der Waals surface area contributed by atoms with Crippen molar-refractivity contribution in [2.24, 2.45) is 4.99 Å². The topological polar surface area (TPSA) is 24.4 Å². The lowest BCUT2D eigenvalue weighted by Crippen LogP contribution is -2.26. The average molecular weight is 232 g/mol. The molecular formula is C13H16N2S. The number of hydrogen-bond donors (Lipinski definition) is 1. The largest absolute Gasteiger partial charge is 0.362 e. The third-order valence-electron chi connectivity index (χ3n) is 3.12. The van der Waals surface area contributed by atoms with Gasteiger partial charge in [0.1, 0.15) is 0 Å². The Hall–Kier alpha value is -0.960. The lowest BCUT2D eigenvalue weighted by molar-refractivity contribution is 0.852. The Labute approximate surface area is 101 Å². The van der Waals surface area contributed by atoms with Crippen molar-refractivity contribution < 1.29 is 0 Å². The third kappa shape index (κ3) is 2.24. The van der Waals surface area contributed by atoms with Crippen LogP contribution in [0.5, 0.6) is 0 Å². The Morgan fingerprint density at radius 3 is 2.88 bits per heavy atom. The Morgan fingerprint density at radius 1 is 1.25 bits per heavy atom. The number of hydrogen-bond acceptors (Lipinski definition) is 3. The first kappa shape index (κ1) is 10.2. The van der Waals surface area contributed by atoms with Gasteiger partial charge in [0.15, 0.2) is 5.17 Å². The summed E-state index contributed by atoms with van der Waals surface area (Å²) in [5.41, 5.74) is 1.46. The van der Waals surface area contributed by atoms with Crippen molar-refractivity contribution in [3.8, 4) is 0 Å². The molecule has 0 aromatic heterocycles. The van der Waals surface area contributed by atoms with Crippen LogP contribution >= 0.6 is 11.8 Å². The zero-order valence-electron chi connectivity index (χ0n) is 9.23. The SMILES string of the molecule is c1ccc(C2CC2NC2=NCCCS2)cc1. The Bertz CT molecular complexity index is 388. The van der Waals surface area contributed by atoms with Crippen LogP contribution in [0.2, 0.25) is 0 Å². The molecule has 3 heteroatoms. The first-order valence-corrected chi connectivity index (χ1v) is 6.91. The number of nitrogens with one attached hydrogen (secondary N) is 1. The Morgan fingerprint density at radius 2 is 2.12 bits per heavy atom. The molecule has 0 bridgehead atoms. The molecule has 1 N–H and O–H groups in total. The molecule has 1 saturated carbocycles. The minimum Gasteiger partial charge on any atom is -0.362 e. The van der Waals surface area contributed by atoms with Crippen molar-refractivity contribution in [2.45, 2.75) is 24.8 Å². The fourth-order valence-corrected chi connectivity index (χ4v) is 3.01. The second kappa shape index (κ2) is 4.50. The number of nitrogens with zero attached hydrogens (tertiary/aromatic N) is 1. The molecule has 1 aliphatic heterocycles. The summed E-state index contributed by atoms with van der Waals surface area (Å²) in [7, 11) is 0. The van der Waals surface area contributed by atoms with Gasteiger partial charge in [0.05, 0.1) is 0 Å². The van der Waals surface area contributed by atoms with Gasteiger partial charge in [-0.25, -0.2) is 0 Å².